The first-order valence-electron chi connectivity index (χ1n) is 16.1. The zero-order valence-corrected chi connectivity index (χ0v) is 27.4. The van der Waals surface area contributed by atoms with Crippen LogP contribution >= 0.6 is 0 Å². The molecule has 0 saturated carbocycles. The van der Waals surface area contributed by atoms with Crippen LogP contribution < -0.4 is 15.6 Å². The summed E-state index contributed by atoms with van der Waals surface area (Å²) >= 11 is 0. The first-order valence-corrected chi connectivity index (χ1v) is 18.2. The predicted octanol–water partition coefficient (Wildman–Crippen LogP) is 8.27. The van der Waals surface area contributed by atoms with Crippen molar-refractivity contribution < 1.29 is 0 Å². The van der Waals surface area contributed by atoms with Crippen LogP contribution in [0.3, 0.4) is 0 Å². The number of hydrogen-bond donors (Lipinski definition) is 0. The van der Waals surface area contributed by atoms with E-state index >= 15 is 0 Å². The molecular weight excluding hydrogens is 509 g/mol. The Balaban J connectivity index is 2.03. The summed E-state index contributed by atoms with van der Waals surface area (Å²) in [7, 11) is -2.66. The molecule has 0 N–H and O–H groups in total. The highest BCUT2D eigenvalue weighted by molar-refractivity contribution is 7.12. The molecular formula is C40H48Si. The Morgan fingerprint density at radius 1 is 0.488 bits per heavy atom. The normalized spacial score (nSPS) is 14.7. The van der Waals surface area contributed by atoms with Crippen molar-refractivity contribution >= 4 is 29.7 Å². The lowest BCUT2D eigenvalue weighted by molar-refractivity contribution is 1.07. The van der Waals surface area contributed by atoms with Crippen LogP contribution in [0.2, 0.25) is 0 Å². The second kappa shape index (κ2) is 12.4. The Kier molecular flexibility index (Phi) is 8.85. The van der Waals surface area contributed by atoms with E-state index in [0.29, 0.717) is 5.54 Å². The van der Waals surface area contributed by atoms with Gasteiger partial charge in [-0.2, -0.15) is 0 Å². The maximum atomic E-state index is 2.61. The molecule has 0 saturated heterocycles. The molecule has 0 heterocycles. The standard InChI is InChI=1S/C40H48Si/c1-8-29-19-30(9-2)23-36(22-29)41(37-24-31(10-3)20-32(11-4)25-37,38-26-33(12-5)21-34(13-6)27-38)40-28(7)18-35-16-14-15-17-39(35)40/h14-27,40H,8-13H2,1-7H3. The molecule has 0 nitrogen and oxygen atoms in total. The van der Waals surface area contributed by atoms with Gasteiger partial charge in [0, 0.05) is 5.54 Å². The SMILES string of the molecule is CCc1cc(CC)cc([Si](c2cc(CC)cc(CC)c2)(c2cc(CC)cc(CC)c2)C2C(C)=Cc3ccccc32)c1. The van der Waals surface area contributed by atoms with Crippen molar-refractivity contribution in [3.8, 4) is 0 Å². The van der Waals surface area contributed by atoms with Gasteiger partial charge in [0.15, 0.2) is 8.07 Å². The van der Waals surface area contributed by atoms with Gasteiger partial charge in [0.2, 0.25) is 0 Å². The molecule has 1 aliphatic carbocycles. The fourth-order valence-electron chi connectivity index (χ4n) is 7.25. The monoisotopic (exact) mass is 556 g/mol. The third kappa shape index (κ3) is 5.30. The van der Waals surface area contributed by atoms with Crippen molar-refractivity contribution in [3.63, 3.8) is 0 Å². The molecule has 212 valence electrons. The van der Waals surface area contributed by atoms with Gasteiger partial charge in [0.25, 0.3) is 0 Å². The minimum atomic E-state index is -2.66. The molecule has 0 spiro atoms. The number of aryl methyl sites for hydroxylation is 6. The quantitative estimate of drug-likeness (QED) is 0.136. The van der Waals surface area contributed by atoms with E-state index in [1.54, 1.807) is 15.6 Å². The third-order valence-corrected chi connectivity index (χ3v) is 14.8. The van der Waals surface area contributed by atoms with Crippen LogP contribution in [0.5, 0.6) is 0 Å². The minimum absolute atomic E-state index is 0.351. The minimum Gasteiger partial charge on any atom is -0.0669 e. The van der Waals surface area contributed by atoms with Gasteiger partial charge in [-0.1, -0.05) is 132 Å². The van der Waals surface area contributed by atoms with E-state index in [0.717, 1.165) is 38.5 Å². The fraction of sp³-hybridized carbons (Fsp3) is 0.350. The van der Waals surface area contributed by atoms with E-state index in [9.17, 15) is 0 Å². The summed E-state index contributed by atoms with van der Waals surface area (Å²) in [6.07, 6.45) is 8.86. The molecule has 0 aromatic heterocycles. The third-order valence-electron chi connectivity index (χ3n) is 9.55. The van der Waals surface area contributed by atoms with E-state index < -0.39 is 8.07 Å². The number of rotatable bonds is 10. The van der Waals surface area contributed by atoms with Gasteiger partial charge in [-0.15, -0.1) is 0 Å². The molecule has 1 atom stereocenters. The molecule has 0 radical (unpaired) electrons. The molecule has 1 aliphatic rings. The average Bonchev–Trinajstić information content (AvgIpc) is 3.36. The number of allylic oxidation sites excluding steroid dienone is 1. The molecule has 5 rings (SSSR count). The summed E-state index contributed by atoms with van der Waals surface area (Å²) in [6.45, 7) is 16.3. The van der Waals surface area contributed by atoms with Crippen LogP contribution in [0.1, 0.15) is 98.5 Å². The molecule has 4 aromatic carbocycles. The van der Waals surface area contributed by atoms with Gasteiger partial charge in [-0.3, -0.25) is 0 Å². The second-order valence-corrected chi connectivity index (χ2v) is 15.9. The molecule has 0 aliphatic heterocycles. The number of fused-ring (bicyclic) bond motifs is 1. The summed E-state index contributed by atoms with van der Waals surface area (Å²) < 4.78 is 0. The van der Waals surface area contributed by atoms with Crippen LogP contribution in [-0.4, -0.2) is 8.07 Å². The van der Waals surface area contributed by atoms with E-state index in [2.05, 4.69) is 133 Å². The lowest BCUT2D eigenvalue weighted by Gasteiger charge is -2.42. The Labute approximate surface area is 250 Å². The highest BCUT2D eigenvalue weighted by Gasteiger charge is 2.50. The van der Waals surface area contributed by atoms with Gasteiger partial charge in [0.1, 0.15) is 0 Å². The van der Waals surface area contributed by atoms with Gasteiger partial charge in [0.05, 0.1) is 0 Å². The predicted molar refractivity (Wildman–Crippen MR) is 183 cm³/mol. The maximum absolute atomic E-state index is 2.66. The molecule has 41 heavy (non-hydrogen) atoms. The van der Waals surface area contributed by atoms with Crippen LogP contribution in [0.4, 0.5) is 0 Å². The molecule has 0 fully saturated rings. The molecule has 0 amide bonds. The van der Waals surface area contributed by atoms with E-state index in [1.165, 1.54) is 50.1 Å². The topological polar surface area (TPSA) is 0 Å². The zero-order valence-electron chi connectivity index (χ0n) is 26.4. The van der Waals surface area contributed by atoms with Crippen molar-refractivity contribution in [2.24, 2.45) is 0 Å². The number of benzene rings is 4. The van der Waals surface area contributed by atoms with Gasteiger partial charge >= 0.3 is 0 Å². The first kappa shape index (κ1) is 29.3. The Bertz CT molecular complexity index is 1370. The van der Waals surface area contributed by atoms with Gasteiger partial charge < -0.3 is 0 Å². The summed E-state index contributed by atoms with van der Waals surface area (Å²) in [5, 5.41) is 4.73. The Hall–Kier alpha value is -3.16. The molecule has 1 unspecified atom stereocenters. The molecule has 1 heteroatoms. The van der Waals surface area contributed by atoms with Crippen molar-refractivity contribution in [1.82, 2.24) is 0 Å². The van der Waals surface area contributed by atoms with Crippen molar-refractivity contribution in [1.29, 1.82) is 0 Å². The maximum Gasteiger partial charge on any atom is 0.159 e. The molecule has 4 aromatic rings. The smallest absolute Gasteiger partial charge is 0.0669 e. The lowest BCUT2D eigenvalue weighted by Crippen LogP contribution is -2.71. The number of hydrogen-bond acceptors (Lipinski definition) is 0. The van der Waals surface area contributed by atoms with Gasteiger partial charge in [-0.05, 0) is 106 Å². The van der Waals surface area contributed by atoms with E-state index in [-0.39, 0.29) is 0 Å². The van der Waals surface area contributed by atoms with Crippen LogP contribution in [-0.2, 0) is 38.5 Å². The van der Waals surface area contributed by atoms with Crippen LogP contribution in [0, 0.1) is 0 Å². The van der Waals surface area contributed by atoms with Crippen LogP contribution in [0.25, 0.3) is 6.08 Å². The van der Waals surface area contributed by atoms with E-state index in [1.807, 2.05) is 0 Å². The Morgan fingerprint density at radius 3 is 1.17 bits per heavy atom. The van der Waals surface area contributed by atoms with Crippen molar-refractivity contribution in [2.75, 3.05) is 0 Å². The zero-order chi connectivity index (χ0) is 29.1. The molecule has 0 bridgehead atoms. The van der Waals surface area contributed by atoms with Crippen molar-refractivity contribution in [3.05, 3.63) is 129 Å². The lowest BCUT2D eigenvalue weighted by atomic mass is 10.1. The summed E-state index contributed by atoms with van der Waals surface area (Å²) in [6, 6.07) is 32.2. The summed E-state index contributed by atoms with van der Waals surface area (Å²) in [5.74, 6) is 0. The van der Waals surface area contributed by atoms with Crippen LogP contribution in [0.15, 0.2) is 84.4 Å². The second-order valence-electron chi connectivity index (χ2n) is 12.0. The van der Waals surface area contributed by atoms with E-state index in [4.69, 9.17) is 0 Å². The summed E-state index contributed by atoms with van der Waals surface area (Å²) in [5.41, 5.74) is 13.6. The van der Waals surface area contributed by atoms with Gasteiger partial charge in [-0.25, -0.2) is 0 Å². The average molecular weight is 557 g/mol. The summed E-state index contributed by atoms with van der Waals surface area (Å²) in [4.78, 5) is 0. The highest BCUT2D eigenvalue weighted by Crippen LogP contribution is 2.42. The van der Waals surface area contributed by atoms with Crippen molar-refractivity contribution in [2.45, 2.75) is 92.5 Å². The largest absolute Gasteiger partial charge is 0.159 e. The highest BCUT2D eigenvalue weighted by atomic mass is 28.3. The Morgan fingerprint density at radius 2 is 0.829 bits per heavy atom. The fourth-order valence-corrected chi connectivity index (χ4v) is 13.2. The first-order chi connectivity index (χ1) is 19.9.